The first-order valence-electron chi connectivity index (χ1n) is 7.90. The number of hydrogen-bond donors (Lipinski definition) is 1. The second-order valence-corrected chi connectivity index (χ2v) is 6.10. The summed E-state index contributed by atoms with van der Waals surface area (Å²) >= 11 is 0. The van der Waals surface area contributed by atoms with E-state index in [0.717, 1.165) is 5.57 Å². The van der Waals surface area contributed by atoms with E-state index in [2.05, 4.69) is 0 Å². The Morgan fingerprint density at radius 1 is 1.38 bits per heavy atom. The number of aliphatic carboxylic acids is 1. The number of carbonyl (C=O) groups is 2. The summed E-state index contributed by atoms with van der Waals surface area (Å²) in [6, 6.07) is 6.92. The van der Waals surface area contributed by atoms with Gasteiger partial charge in [-0.1, -0.05) is 11.6 Å². The zero-order chi connectivity index (χ0) is 17.7. The third-order valence-electron chi connectivity index (χ3n) is 3.65. The van der Waals surface area contributed by atoms with Crippen LogP contribution in [0.25, 0.3) is 0 Å². The van der Waals surface area contributed by atoms with Gasteiger partial charge in [0.25, 0.3) is 5.91 Å². The van der Waals surface area contributed by atoms with Crippen LogP contribution in [0.4, 0.5) is 0 Å². The Bertz CT molecular complexity index is 636. The predicted octanol–water partition coefficient (Wildman–Crippen LogP) is 2.35. The summed E-state index contributed by atoms with van der Waals surface area (Å²) in [6.07, 6.45) is 0.644. The van der Waals surface area contributed by atoms with Crippen molar-refractivity contribution in [2.45, 2.75) is 33.0 Å². The number of hydrogen-bond acceptors (Lipinski definition) is 4. The van der Waals surface area contributed by atoms with Gasteiger partial charge in [-0.15, -0.1) is 0 Å². The maximum atomic E-state index is 12.7. The summed E-state index contributed by atoms with van der Waals surface area (Å²) in [4.78, 5) is 25.3. The van der Waals surface area contributed by atoms with Gasteiger partial charge in [-0.25, -0.2) is 4.79 Å². The molecule has 0 spiro atoms. The Kier molecular flexibility index (Phi) is 5.98. The van der Waals surface area contributed by atoms with Crippen molar-refractivity contribution >= 4 is 11.9 Å². The van der Waals surface area contributed by atoms with E-state index in [4.69, 9.17) is 14.6 Å². The lowest BCUT2D eigenvalue weighted by molar-refractivity contribution is -0.160. The van der Waals surface area contributed by atoms with Crippen molar-refractivity contribution in [1.82, 2.24) is 4.90 Å². The normalized spacial score (nSPS) is 20.4. The van der Waals surface area contributed by atoms with E-state index in [1.807, 2.05) is 19.9 Å². The minimum atomic E-state index is -1.06. The van der Waals surface area contributed by atoms with Crippen LogP contribution in [0.2, 0.25) is 0 Å². The van der Waals surface area contributed by atoms with Crippen molar-refractivity contribution < 1.29 is 24.2 Å². The van der Waals surface area contributed by atoms with Crippen LogP contribution in [0, 0.1) is 0 Å². The minimum Gasteiger partial charge on any atom is -0.490 e. The number of rotatable bonds is 5. The second-order valence-electron chi connectivity index (χ2n) is 6.10. The molecule has 1 amide bonds. The van der Waals surface area contributed by atoms with Crippen LogP contribution in [0.3, 0.4) is 0 Å². The standard InChI is InChI=1S/C18H23NO5/c1-12(2)7-8-23-15-6-4-5-14(9-15)17(20)19-10-13(3)24-16(11-19)18(21)22/h4-7,9,13,16H,8,10-11H2,1-3H3,(H,21,22)/t13-,16?/m1/s1. The number of allylic oxidation sites excluding steroid dienone is 1. The summed E-state index contributed by atoms with van der Waals surface area (Å²) in [6.45, 7) is 6.58. The van der Waals surface area contributed by atoms with Gasteiger partial charge < -0.3 is 19.5 Å². The molecule has 1 aromatic rings. The molecule has 1 heterocycles. The molecule has 0 aromatic heterocycles. The highest BCUT2D eigenvalue weighted by atomic mass is 16.5. The molecule has 6 heteroatoms. The van der Waals surface area contributed by atoms with Gasteiger partial charge in [0.15, 0.2) is 6.10 Å². The van der Waals surface area contributed by atoms with E-state index in [1.165, 1.54) is 4.90 Å². The molecule has 0 aliphatic carbocycles. The van der Waals surface area contributed by atoms with Gasteiger partial charge in [-0.3, -0.25) is 4.79 Å². The van der Waals surface area contributed by atoms with Crippen molar-refractivity contribution in [3.05, 3.63) is 41.5 Å². The Morgan fingerprint density at radius 2 is 2.12 bits per heavy atom. The van der Waals surface area contributed by atoms with Gasteiger partial charge >= 0.3 is 5.97 Å². The lowest BCUT2D eigenvalue weighted by Crippen LogP contribution is -2.51. The largest absolute Gasteiger partial charge is 0.490 e. The summed E-state index contributed by atoms with van der Waals surface area (Å²) < 4.78 is 10.9. The highest BCUT2D eigenvalue weighted by molar-refractivity contribution is 5.95. The number of morpholine rings is 1. The quantitative estimate of drug-likeness (QED) is 0.837. The van der Waals surface area contributed by atoms with Crippen LogP contribution in [-0.4, -0.2) is 53.8 Å². The molecular formula is C18H23NO5. The average Bonchev–Trinajstić information content (AvgIpc) is 2.53. The maximum Gasteiger partial charge on any atom is 0.334 e. The maximum absolute atomic E-state index is 12.7. The van der Waals surface area contributed by atoms with Crippen LogP contribution in [-0.2, 0) is 9.53 Å². The number of carboxylic acid groups (broad SMARTS) is 1. The van der Waals surface area contributed by atoms with Crippen molar-refractivity contribution in [1.29, 1.82) is 0 Å². The molecule has 24 heavy (non-hydrogen) atoms. The van der Waals surface area contributed by atoms with Crippen LogP contribution in [0.1, 0.15) is 31.1 Å². The van der Waals surface area contributed by atoms with Crippen molar-refractivity contribution in [2.75, 3.05) is 19.7 Å². The summed E-state index contributed by atoms with van der Waals surface area (Å²) in [5.74, 6) is -0.670. The molecule has 1 N–H and O–H groups in total. The lowest BCUT2D eigenvalue weighted by Gasteiger charge is -2.35. The number of benzene rings is 1. The number of nitrogens with zero attached hydrogens (tertiary/aromatic N) is 1. The van der Waals surface area contributed by atoms with E-state index < -0.39 is 12.1 Å². The van der Waals surface area contributed by atoms with E-state index in [9.17, 15) is 9.59 Å². The van der Waals surface area contributed by atoms with E-state index >= 15 is 0 Å². The van der Waals surface area contributed by atoms with Crippen LogP contribution >= 0.6 is 0 Å². The molecule has 2 rings (SSSR count). The minimum absolute atomic E-state index is 0.0430. The molecule has 1 aromatic carbocycles. The SMILES string of the molecule is CC(C)=CCOc1cccc(C(=O)N2CC(C(=O)O)O[C@H](C)C2)c1. The van der Waals surface area contributed by atoms with Crippen molar-refractivity contribution in [2.24, 2.45) is 0 Å². The smallest absolute Gasteiger partial charge is 0.334 e. The zero-order valence-corrected chi connectivity index (χ0v) is 14.2. The first-order chi connectivity index (χ1) is 11.4. The number of carboxylic acids is 1. The van der Waals surface area contributed by atoms with E-state index in [0.29, 0.717) is 24.5 Å². The number of amides is 1. The Labute approximate surface area is 141 Å². The molecule has 0 radical (unpaired) electrons. The topological polar surface area (TPSA) is 76.1 Å². The number of carbonyl (C=O) groups excluding carboxylic acids is 1. The zero-order valence-electron chi connectivity index (χ0n) is 14.2. The van der Waals surface area contributed by atoms with Gasteiger partial charge in [-0.05, 0) is 45.0 Å². The highest BCUT2D eigenvalue weighted by Gasteiger charge is 2.33. The molecular weight excluding hydrogens is 310 g/mol. The second kappa shape index (κ2) is 7.97. The van der Waals surface area contributed by atoms with Crippen molar-refractivity contribution in [3.63, 3.8) is 0 Å². The molecule has 1 saturated heterocycles. The molecule has 1 aliphatic rings. The summed E-state index contributed by atoms with van der Waals surface area (Å²) in [7, 11) is 0. The Morgan fingerprint density at radius 3 is 2.79 bits per heavy atom. The van der Waals surface area contributed by atoms with Crippen LogP contribution in [0.15, 0.2) is 35.9 Å². The molecule has 1 unspecified atom stereocenters. The van der Waals surface area contributed by atoms with Gasteiger partial charge in [0, 0.05) is 12.1 Å². The molecule has 1 aliphatic heterocycles. The monoisotopic (exact) mass is 333 g/mol. The van der Waals surface area contributed by atoms with Gasteiger partial charge in [-0.2, -0.15) is 0 Å². The first kappa shape index (κ1) is 18.0. The fourth-order valence-electron chi connectivity index (χ4n) is 2.46. The summed E-state index contributed by atoms with van der Waals surface area (Å²) in [5, 5.41) is 9.12. The van der Waals surface area contributed by atoms with Gasteiger partial charge in [0.2, 0.25) is 0 Å². The van der Waals surface area contributed by atoms with Crippen LogP contribution in [0.5, 0.6) is 5.75 Å². The average molecular weight is 333 g/mol. The number of ether oxygens (including phenoxy) is 2. The van der Waals surface area contributed by atoms with Crippen LogP contribution < -0.4 is 4.74 Å². The fraction of sp³-hybridized carbons (Fsp3) is 0.444. The van der Waals surface area contributed by atoms with Crippen molar-refractivity contribution in [3.8, 4) is 5.75 Å². The Hall–Kier alpha value is -2.34. The van der Waals surface area contributed by atoms with E-state index in [1.54, 1.807) is 31.2 Å². The fourth-order valence-corrected chi connectivity index (χ4v) is 2.46. The molecule has 2 atom stereocenters. The summed E-state index contributed by atoms with van der Waals surface area (Å²) in [5.41, 5.74) is 1.63. The molecule has 0 bridgehead atoms. The third-order valence-corrected chi connectivity index (χ3v) is 3.65. The first-order valence-corrected chi connectivity index (χ1v) is 7.90. The molecule has 130 valence electrons. The molecule has 1 fully saturated rings. The van der Waals surface area contributed by atoms with Gasteiger partial charge in [0.05, 0.1) is 12.6 Å². The third kappa shape index (κ3) is 4.83. The molecule has 6 nitrogen and oxygen atoms in total. The van der Waals surface area contributed by atoms with E-state index in [-0.39, 0.29) is 18.6 Å². The highest BCUT2D eigenvalue weighted by Crippen LogP contribution is 2.18. The Balaban J connectivity index is 2.08. The molecule has 0 saturated carbocycles. The predicted molar refractivity (Wildman–Crippen MR) is 89.2 cm³/mol. The lowest BCUT2D eigenvalue weighted by atomic mass is 10.1. The van der Waals surface area contributed by atoms with Gasteiger partial charge in [0.1, 0.15) is 12.4 Å².